The largest absolute Gasteiger partial charge is 0.298 e. The number of nitrogens with zero attached hydrogens (tertiary/aromatic N) is 3. The summed E-state index contributed by atoms with van der Waals surface area (Å²) in [5, 5.41) is 8.97. The second kappa shape index (κ2) is 7.75. The maximum atomic E-state index is 14.2. The number of rotatable bonds is 4. The van der Waals surface area contributed by atoms with Gasteiger partial charge in [0.1, 0.15) is 17.3 Å². The molecule has 2 aromatic heterocycles. The monoisotopic (exact) mass is 428 g/mol. The Morgan fingerprint density at radius 3 is 2.57 bits per heavy atom. The molecule has 152 valence electrons. The van der Waals surface area contributed by atoms with Crippen LogP contribution in [0.4, 0.5) is 18.3 Å². The summed E-state index contributed by atoms with van der Waals surface area (Å²) in [6.07, 6.45) is 0. The summed E-state index contributed by atoms with van der Waals surface area (Å²) in [5.74, 6) is -2.32. The van der Waals surface area contributed by atoms with Crippen LogP contribution in [0.5, 0.6) is 0 Å². The molecule has 0 aliphatic heterocycles. The summed E-state index contributed by atoms with van der Waals surface area (Å²) in [4.78, 5) is 17.2. The number of anilines is 1. The molecule has 30 heavy (non-hydrogen) atoms. The molecular formula is C21H15F3N4OS. The predicted molar refractivity (Wildman–Crippen MR) is 108 cm³/mol. The minimum Gasteiger partial charge on any atom is -0.298 e. The predicted octanol–water partition coefficient (Wildman–Crippen LogP) is 5.28. The molecule has 4 rings (SSSR count). The van der Waals surface area contributed by atoms with Crippen molar-refractivity contribution in [3.63, 3.8) is 0 Å². The molecule has 2 aromatic carbocycles. The van der Waals surface area contributed by atoms with Crippen LogP contribution in [0.15, 0.2) is 47.8 Å². The number of thiazole rings is 1. The number of halogens is 3. The zero-order valence-corrected chi connectivity index (χ0v) is 16.7. The van der Waals surface area contributed by atoms with Gasteiger partial charge in [-0.05, 0) is 38.1 Å². The van der Waals surface area contributed by atoms with E-state index in [1.165, 1.54) is 34.2 Å². The zero-order valence-electron chi connectivity index (χ0n) is 15.9. The second-order valence-corrected chi connectivity index (χ2v) is 7.41. The van der Waals surface area contributed by atoms with E-state index < -0.39 is 17.5 Å². The quantitative estimate of drug-likeness (QED) is 0.481. The van der Waals surface area contributed by atoms with Crippen molar-refractivity contribution in [3.8, 4) is 16.9 Å². The number of carbonyl (C=O) groups is 1. The molecule has 0 unspecified atom stereocenters. The molecule has 0 spiro atoms. The Morgan fingerprint density at radius 1 is 1.07 bits per heavy atom. The van der Waals surface area contributed by atoms with E-state index in [1.807, 2.05) is 0 Å². The van der Waals surface area contributed by atoms with Gasteiger partial charge >= 0.3 is 0 Å². The van der Waals surface area contributed by atoms with E-state index in [2.05, 4.69) is 15.4 Å². The minimum atomic E-state index is -0.785. The van der Waals surface area contributed by atoms with Crippen molar-refractivity contribution in [2.24, 2.45) is 0 Å². The first-order valence-electron chi connectivity index (χ1n) is 8.88. The molecule has 5 nitrogen and oxygen atoms in total. The van der Waals surface area contributed by atoms with Crippen LogP contribution in [-0.4, -0.2) is 20.7 Å². The maximum Gasteiger partial charge on any atom is 0.261 e. The summed E-state index contributed by atoms with van der Waals surface area (Å²) in [6, 6.07) is 9.14. The first-order valence-corrected chi connectivity index (χ1v) is 9.76. The zero-order chi connectivity index (χ0) is 21.4. The summed E-state index contributed by atoms with van der Waals surface area (Å²) >= 11 is 1.20. The van der Waals surface area contributed by atoms with Gasteiger partial charge in [0.25, 0.3) is 5.91 Å². The molecule has 9 heteroatoms. The SMILES string of the molecule is Cc1nn(-c2ccc(F)cc2F)c(C)c1C(=O)Nc1nc(-c2cccc(F)c2)cs1. The van der Waals surface area contributed by atoms with Gasteiger partial charge in [-0.2, -0.15) is 5.10 Å². The van der Waals surface area contributed by atoms with Crippen LogP contribution in [0.2, 0.25) is 0 Å². The Balaban J connectivity index is 1.61. The average Bonchev–Trinajstić information content (AvgIpc) is 3.26. The number of hydrogen-bond donors (Lipinski definition) is 1. The van der Waals surface area contributed by atoms with Crippen LogP contribution < -0.4 is 5.32 Å². The van der Waals surface area contributed by atoms with Crippen LogP contribution in [0, 0.1) is 31.3 Å². The van der Waals surface area contributed by atoms with Crippen LogP contribution in [-0.2, 0) is 0 Å². The molecular weight excluding hydrogens is 413 g/mol. The first kappa shape index (κ1) is 19.8. The lowest BCUT2D eigenvalue weighted by molar-refractivity contribution is 0.102. The third-order valence-electron chi connectivity index (χ3n) is 4.50. The Labute approximate surface area is 173 Å². The van der Waals surface area contributed by atoms with Gasteiger partial charge in [-0.1, -0.05) is 12.1 Å². The fourth-order valence-corrected chi connectivity index (χ4v) is 3.84. The van der Waals surface area contributed by atoms with Gasteiger partial charge < -0.3 is 0 Å². The number of hydrogen-bond acceptors (Lipinski definition) is 4. The molecule has 2 heterocycles. The third kappa shape index (κ3) is 3.71. The van der Waals surface area contributed by atoms with Gasteiger partial charge in [0.05, 0.1) is 22.6 Å². The molecule has 0 saturated carbocycles. The standard InChI is InChI=1S/C21H15F3N4OS/c1-11-19(12(2)28(27-11)18-7-6-15(23)9-16(18)24)20(29)26-21-25-17(10-30-21)13-4-3-5-14(22)8-13/h3-10H,1-2H3,(H,25,26,29). The van der Waals surface area contributed by atoms with Crippen LogP contribution in [0.1, 0.15) is 21.7 Å². The van der Waals surface area contributed by atoms with Gasteiger partial charge in [0.2, 0.25) is 0 Å². The fraction of sp³-hybridized carbons (Fsp3) is 0.0952. The highest BCUT2D eigenvalue weighted by Gasteiger charge is 2.22. The van der Waals surface area contributed by atoms with Crippen molar-refractivity contribution in [1.29, 1.82) is 0 Å². The van der Waals surface area contributed by atoms with Crippen molar-refractivity contribution < 1.29 is 18.0 Å². The van der Waals surface area contributed by atoms with Crippen LogP contribution >= 0.6 is 11.3 Å². The molecule has 1 amide bonds. The lowest BCUT2D eigenvalue weighted by Gasteiger charge is -2.07. The molecule has 0 bridgehead atoms. The van der Waals surface area contributed by atoms with Gasteiger partial charge in [-0.3, -0.25) is 10.1 Å². The van der Waals surface area contributed by atoms with Crippen LogP contribution in [0.25, 0.3) is 16.9 Å². The normalized spacial score (nSPS) is 11.0. The lowest BCUT2D eigenvalue weighted by Crippen LogP contribution is -2.14. The molecule has 0 radical (unpaired) electrons. The van der Waals surface area contributed by atoms with E-state index in [0.717, 1.165) is 12.1 Å². The maximum absolute atomic E-state index is 14.2. The molecule has 0 saturated heterocycles. The number of amides is 1. The molecule has 0 atom stereocenters. The topological polar surface area (TPSA) is 59.8 Å². The summed E-state index contributed by atoms with van der Waals surface area (Å²) in [7, 11) is 0. The van der Waals surface area contributed by atoms with Gasteiger partial charge in [-0.25, -0.2) is 22.8 Å². The summed E-state index contributed by atoms with van der Waals surface area (Å²) < 4.78 is 42.1. The Morgan fingerprint density at radius 2 is 1.83 bits per heavy atom. The second-order valence-electron chi connectivity index (χ2n) is 6.56. The average molecular weight is 428 g/mol. The molecule has 0 aliphatic rings. The van der Waals surface area contributed by atoms with Crippen molar-refractivity contribution in [2.75, 3.05) is 5.32 Å². The molecule has 0 fully saturated rings. The van der Waals surface area contributed by atoms with E-state index in [0.29, 0.717) is 27.8 Å². The number of aromatic nitrogens is 3. The third-order valence-corrected chi connectivity index (χ3v) is 5.26. The Kier molecular flexibility index (Phi) is 5.13. The molecule has 4 aromatic rings. The van der Waals surface area contributed by atoms with Crippen molar-refractivity contribution in [3.05, 3.63) is 82.2 Å². The Hall–Kier alpha value is -3.46. The summed E-state index contributed by atoms with van der Waals surface area (Å²) in [5.41, 5.74) is 2.22. The van der Waals surface area contributed by atoms with E-state index >= 15 is 0 Å². The van der Waals surface area contributed by atoms with Gasteiger partial charge in [-0.15, -0.1) is 11.3 Å². The molecule has 0 aliphatic carbocycles. The molecule has 1 N–H and O–H groups in total. The lowest BCUT2D eigenvalue weighted by atomic mass is 10.2. The minimum absolute atomic E-state index is 0.0405. The van der Waals surface area contributed by atoms with E-state index in [4.69, 9.17) is 0 Å². The highest BCUT2D eigenvalue weighted by atomic mass is 32.1. The van der Waals surface area contributed by atoms with Crippen molar-refractivity contribution in [1.82, 2.24) is 14.8 Å². The first-order chi connectivity index (χ1) is 14.3. The van der Waals surface area contributed by atoms with Crippen molar-refractivity contribution >= 4 is 22.4 Å². The van der Waals surface area contributed by atoms with E-state index in [-0.39, 0.29) is 17.1 Å². The number of benzene rings is 2. The van der Waals surface area contributed by atoms with Gasteiger partial charge in [0.15, 0.2) is 10.9 Å². The van der Waals surface area contributed by atoms with Crippen LogP contribution in [0.3, 0.4) is 0 Å². The van der Waals surface area contributed by atoms with Gasteiger partial charge in [0, 0.05) is 17.0 Å². The summed E-state index contributed by atoms with van der Waals surface area (Å²) in [6.45, 7) is 3.25. The van der Waals surface area contributed by atoms with E-state index in [9.17, 15) is 18.0 Å². The Bertz CT molecular complexity index is 1270. The van der Waals surface area contributed by atoms with Crippen molar-refractivity contribution in [2.45, 2.75) is 13.8 Å². The highest BCUT2D eigenvalue weighted by Crippen LogP contribution is 2.27. The fourth-order valence-electron chi connectivity index (χ4n) is 3.13. The number of aryl methyl sites for hydroxylation is 1. The van der Waals surface area contributed by atoms with E-state index in [1.54, 1.807) is 31.4 Å². The number of nitrogens with one attached hydrogen (secondary N) is 1. The number of carbonyl (C=O) groups excluding carboxylic acids is 1. The highest BCUT2D eigenvalue weighted by molar-refractivity contribution is 7.14. The smallest absolute Gasteiger partial charge is 0.261 e.